The third-order valence-corrected chi connectivity index (χ3v) is 3.21. The molecule has 1 amide bonds. The van der Waals surface area contributed by atoms with Gasteiger partial charge in [0.15, 0.2) is 5.60 Å². The average Bonchev–Trinajstić information content (AvgIpc) is 2.74. The van der Waals surface area contributed by atoms with Gasteiger partial charge in [0.1, 0.15) is 6.61 Å². The molecule has 0 N–H and O–H groups in total. The number of ether oxygens (including phenoxy) is 1. The number of rotatable bonds is 2. The zero-order valence-corrected chi connectivity index (χ0v) is 9.46. The zero-order valence-electron chi connectivity index (χ0n) is 9.46. The van der Waals surface area contributed by atoms with Crippen LogP contribution in [0.5, 0.6) is 0 Å². The SMILES string of the molecule is CC1(c2ccccc2)OOC1N1CCOC1=O. The van der Waals surface area contributed by atoms with Crippen molar-refractivity contribution in [1.82, 2.24) is 4.90 Å². The second-order valence-corrected chi connectivity index (χ2v) is 4.31. The van der Waals surface area contributed by atoms with E-state index in [0.717, 1.165) is 5.56 Å². The first-order chi connectivity index (χ1) is 8.22. The average molecular weight is 235 g/mol. The van der Waals surface area contributed by atoms with E-state index in [0.29, 0.717) is 13.2 Å². The Kier molecular flexibility index (Phi) is 2.31. The highest BCUT2D eigenvalue weighted by Crippen LogP contribution is 2.42. The van der Waals surface area contributed by atoms with Crippen molar-refractivity contribution in [3.05, 3.63) is 35.9 Å². The van der Waals surface area contributed by atoms with Crippen LogP contribution in [0.15, 0.2) is 30.3 Å². The molecule has 2 atom stereocenters. The minimum Gasteiger partial charge on any atom is -0.447 e. The van der Waals surface area contributed by atoms with Gasteiger partial charge in [-0.2, -0.15) is 0 Å². The van der Waals surface area contributed by atoms with Gasteiger partial charge in [-0.25, -0.2) is 14.6 Å². The van der Waals surface area contributed by atoms with Crippen molar-refractivity contribution in [2.75, 3.05) is 13.2 Å². The molecule has 0 aliphatic carbocycles. The molecule has 2 aliphatic rings. The fraction of sp³-hybridized carbons (Fsp3) is 0.417. The van der Waals surface area contributed by atoms with Crippen molar-refractivity contribution in [2.45, 2.75) is 18.8 Å². The Bertz CT molecular complexity index is 435. The minimum atomic E-state index is -0.620. The molecule has 5 nitrogen and oxygen atoms in total. The summed E-state index contributed by atoms with van der Waals surface area (Å²) in [5.74, 6) is 0. The quantitative estimate of drug-likeness (QED) is 0.731. The van der Waals surface area contributed by atoms with Gasteiger partial charge in [0.25, 0.3) is 0 Å². The van der Waals surface area contributed by atoms with E-state index in [1.807, 2.05) is 37.3 Å². The summed E-state index contributed by atoms with van der Waals surface area (Å²) in [6.45, 7) is 2.85. The monoisotopic (exact) mass is 235 g/mol. The summed E-state index contributed by atoms with van der Waals surface area (Å²) in [6.07, 6.45) is -0.764. The first-order valence-corrected chi connectivity index (χ1v) is 5.55. The van der Waals surface area contributed by atoms with Gasteiger partial charge in [-0.05, 0) is 12.5 Å². The van der Waals surface area contributed by atoms with Gasteiger partial charge in [0, 0.05) is 0 Å². The molecule has 5 heteroatoms. The van der Waals surface area contributed by atoms with E-state index in [-0.39, 0.29) is 6.09 Å². The van der Waals surface area contributed by atoms with Crippen LogP contribution in [0, 0.1) is 0 Å². The summed E-state index contributed by atoms with van der Waals surface area (Å²) in [6, 6.07) is 9.71. The molecular formula is C12H13NO4. The number of hydrogen-bond acceptors (Lipinski definition) is 4. The van der Waals surface area contributed by atoms with E-state index < -0.39 is 11.8 Å². The number of carbonyl (C=O) groups is 1. The summed E-state index contributed by atoms with van der Waals surface area (Å²) in [4.78, 5) is 23.4. The summed E-state index contributed by atoms with van der Waals surface area (Å²) < 4.78 is 4.90. The topological polar surface area (TPSA) is 48.0 Å². The lowest BCUT2D eigenvalue weighted by atomic mass is 9.92. The molecule has 90 valence electrons. The molecule has 1 aromatic carbocycles. The second-order valence-electron chi connectivity index (χ2n) is 4.31. The Morgan fingerprint density at radius 3 is 2.65 bits per heavy atom. The maximum Gasteiger partial charge on any atom is 0.412 e. The molecule has 1 aromatic rings. The lowest BCUT2D eigenvalue weighted by Gasteiger charge is -2.47. The zero-order chi connectivity index (χ0) is 11.9. The summed E-state index contributed by atoms with van der Waals surface area (Å²) >= 11 is 0. The Balaban J connectivity index is 1.86. The van der Waals surface area contributed by atoms with Gasteiger partial charge in [-0.1, -0.05) is 30.3 Å². The van der Waals surface area contributed by atoms with Gasteiger partial charge in [0.05, 0.1) is 6.54 Å². The Hall–Kier alpha value is -1.59. The summed E-state index contributed by atoms with van der Waals surface area (Å²) in [7, 11) is 0. The van der Waals surface area contributed by atoms with Crippen LogP contribution in [0.1, 0.15) is 12.5 Å². The molecule has 3 rings (SSSR count). The molecule has 2 saturated heterocycles. The number of hydrogen-bond donors (Lipinski definition) is 0. The summed E-state index contributed by atoms with van der Waals surface area (Å²) in [5, 5.41) is 0. The third-order valence-electron chi connectivity index (χ3n) is 3.21. The Labute approximate surface area is 98.8 Å². The maximum atomic E-state index is 11.5. The number of nitrogens with zero attached hydrogens (tertiary/aromatic N) is 1. The van der Waals surface area contributed by atoms with E-state index in [4.69, 9.17) is 14.5 Å². The molecule has 0 bridgehead atoms. The molecule has 0 saturated carbocycles. The molecule has 0 aromatic heterocycles. The van der Waals surface area contributed by atoms with Crippen LogP contribution in [-0.2, 0) is 20.1 Å². The van der Waals surface area contributed by atoms with Crippen molar-refractivity contribution in [3.8, 4) is 0 Å². The van der Waals surface area contributed by atoms with Gasteiger partial charge in [-0.15, -0.1) is 0 Å². The minimum absolute atomic E-state index is 0.347. The van der Waals surface area contributed by atoms with Crippen molar-refractivity contribution < 1.29 is 19.3 Å². The molecule has 0 radical (unpaired) electrons. The van der Waals surface area contributed by atoms with E-state index in [2.05, 4.69) is 0 Å². The van der Waals surface area contributed by atoms with Gasteiger partial charge in [-0.3, -0.25) is 4.90 Å². The maximum absolute atomic E-state index is 11.5. The third kappa shape index (κ3) is 1.50. The fourth-order valence-electron chi connectivity index (χ4n) is 2.16. The van der Waals surface area contributed by atoms with Gasteiger partial charge >= 0.3 is 6.09 Å². The van der Waals surface area contributed by atoms with Crippen LogP contribution in [0.3, 0.4) is 0 Å². The lowest BCUT2D eigenvalue weighted by molar-refractivity contribution is -0.534. The van der Waals surface area contributed by atoms with E-state index >= 15 is 0 Å². The second kappa shape index (κ2) is 3.72. The largest absolute Gasteiger partial charge is 0.447 e. The predicted molar refractivity (Wildman–Crippen MR) is 57.8 cm³/mol. The number of amides is 1. The van der Waals surface area contributed by atoms with Gasteiger partial charge in [0.2, 0.25) is 6.23 Å². The highest BCUT2D eigenvalue weighted by atomic mass is 17.3. The van der Waals surface area contributed by atoms with Crippen LogP contribution in [-0.4, -0.2) is 30.4 Å². The Morgan fingerprint density at radius 2 is 2.12 bits per heavy atom. The fourth-order valence-corrected chi connectivity index (χ4v) is 2.16. The predicted octanol–water partition coefficient (Wildman–Crippen LogP) is 1.64. The van der Waals surface area contributed by atoms with Crippen LogP contribution >= 0.6 is 0 Å². The molecule has 2 unspecified atom stereocenters. The standard InChI is InChI=1S/C12H13NO4/c1-12(9-5-3-2-4-6-9)10(16-17-12)13-7-8-15-11(13)14/h2-6,10H,7-8H2,1H3. The van der Waals surface area contributed by atoms with Crippen molar-refractivity contribution in [3.63, 3.8) is 0 Å². The normalized spacial score (nSPS) is 32.2. The van der Waals surface area contributed by atoms with Crippen LogP contribution < -0.4 is 0 Å². The highest BCUT2D eigenvalue weighted by molar-refractivity contribution is 5.69. The summed E-state index contributed by atoms with van der Waals surface area (Å²) in [5.41, 5.74) is 0.362. The number of benzene rings is 1. The molecule has 2 heterocycles. The van der Waals surface area contributed by atoms with Crippen molar-refractivity contribution in [1.29, 1.82) is 0 Å². The molecule has 2 fully saturated rings. The molecular weight excluding hydrogens is 222 g/mol. The number of carbonyl (C=O) groups excluding carboxylic acids is 1. The van der Waals surface area contributed by atoms with Crippen LogP contribution in [0.4, 0.5) is 4.79 Å². The molecule has 0 spiro atoms. The Morgan fingerprint density at radius 1 is 1.35 bits per heavy atom. The molecule has 17 heavy (non-hydrogen) atoms. The van der Waals surface area contributed by atoms with E-state index in [9.17, 15) is 4.79 Å². The first-order valence-electron chi connectivity index (χ1n) is 5.55. The van der Waals surface area contributed by atoms with Crippen molar-refractivity contribution >= 4 is 6.09 Å². The molecule has 2 aliphatic heterocycles. The number of cyclic esters (lactones) is 1. The van der Waals surface area contributed by atoms with Crippen LogP contribution in [0.25, 0.3) is 0 Å². The van der Waals surface area contributed by atoms with Gasteiger partial charge < -0.3 is 4.74 Å². The van der Waals surface area contributed by atoms with Crippen molar-refractivity contribution in [2.24, 2.45) is 0 Å². The van der Waals surface area contributed by atoms with E-state index in [1.54, 1.807) is 4.90 Å². The van der Waals surface area contributed by atoms with E-state index in [1.165, 1.54) is 0 Å². The highest BCUT2D eigenvalue weighted by Gasteiger charge is 2.55. The first kappa shape index (κ1) is 10.6. The van der Waals surface area contributed by atoms with Crippen LogP contribution in [0.2, 0.25) is 0 Å². The lowest BCUT2D eigenvalue weighted by Crippen LogP contribution is -2.60. The smallest absolute Gasteiger partial charge is 0.412 e.